The summed E-state index contributed by atoms with van der Waals surface area (Å²) in [6.07, 6.45) is 1.26. The predicted molar refractivity (Wildman–Crippen MR) is 152 cm³/mol. The number of hydrogen-bond acceptors (Lipinski definition) is 6. The number of nitrogens with two attached hydrogens (primary N) is 1. The van der Waals surface area contributed by atoms with Crippen molar-refractivity contribution < 1.29 is 18.8 Å². The Kier molecular flexibility index (Phi) is 8.87. The molecule has 12 heteroatoms. The van der Waals surface area contributed by atoms with Gasteiger partial charge in [-0.1, -0.05) is 25.4 Å². The fourth-order valence-corrected chi connectivity index (χ4v) is 4.99. The number of anilines is 2. The van der Waals surface area contributed by atoms with E-state index < -0.39 is 23.5 Å². The minimum atomic E-state index is -0.782. The highest BCUT2D eigenvalue weighted by Gasteiger charge is 2.32. The molecule has 3 amide bonds. The minimum absolute atomic E-state index is 0.00210. The summed E-state index contributed by atoms with van der Waals surface area (Å²) < 4.78 is 13.4. The van der Waals surface area contributed by atoms with Crippen molar-refractivity contribution in [3.05, 3.63) is 76.6 Å². The lowest BCUT2D eigenvalue weighted by Gasteiger charge is -2.39. The van der Waals surface area contributed by atoms with E-state index in [4.69, 9.17) is 17.3 Å². The Labute approximate surface area is 237 Å². The summed E-state index contributed by atoms with van der Waals surface area (Å²) in [6, 6.07) is 10.2. The number of aromatic amines is 1. The largest absolute Gasteiger partial charge is 0.364 e. The molecule has 1 aliphatic heterocycles. The minimum Gasteiger partial charge on any atom is -0.364 e. The van der Waals surface area contributed by atoms with Gasteiger partial charge in [0.2, 0.25) is 0 Å². The molecule has 0 radical (unpaired) electrons. The van der Waals surface area contributed by atoms with Gasteiger partial charge in [-0.25, -0.2) is 9.37 Å². The summed E-state index contributed by atoms with van der Waals surface area (Å²) in [5.41, 5.74) is 6.16. The van der Waals surface area contributed by atoms with E-state index in [-0.39, 0.29) is 27.4 Å². The predicted octanol–water partition coefficient (Wildman–Crippen LogP) is 3.47. The third kappa shape index (κ3) is 7.04. The molecule has 2 aromatic carbocycles. The van der Waals surface area contributed by atoms with Crippen molar-refractivity contribution in [2.45, 2.75) is 13.8 Å². The van der Waals surface area contributed by atoms with Gasteiger partial charge >= 0.3 is 0 Å². The summed E-state index contributed by atoms with van der Waals surface area (Å²) >= 11 is 6.02. The number of imidazole rings is 1. The Bertz CT molecular complexity index is 1380. The van der Waals surface area contributed by atoms with Crippen LogP contribution in [-0.2, 0) is 0 Å². The molecule has 1 saturated heterocycles. The van der Waals surface area contributed by atoms with Gasteiger partial charge in [0.15, 0.2) is 5.69 Å². The molecule has 2 heterocycles. The number of rotatable bonds is 9. The van der Waals surface area contributed by atoms with E-state index in [1.165, 1.54) is 12.4 Å². The number of benzene rings is 2. The standard InChI is InChI=1S/C28H33ClFN7O3/c1-28(2,15-36-12-10-35(3)11-13-36)16-37(27(40)24-23(25(31)38)32-17-33-24)20-7-5-19(6-8-20)34-26(39)21-9-4-18(30)14-22(21)29/h4-9,14,17H,10-13,15-16H2,1-3H3,(H2,31,38)(H,32,33)(H,34,39). The lowest BCUT2D eigenvalue weighted by molar-refractivity contribution is 0.0920. The summed E-state index contributed by atoms with van der Waals surface area (Å²) in [5.74, 6) is -2.30. The van der Waals surface area contributed by atoms with E-state index in [1.54, 1.807) is 29.2 Å². The van der Waals surface area contributed by atoms with Crippen LogP contribution in [0, 0.1) is 11.2 Å². The van der Waals surface area contributed by atoms with Crippen molar-refractivity contribution >= 4 is 40.7 Å². The van der Waals surface area contributed by atoms with Crippen LogP contribution in [0.5, 0.6) is 0 Å². The maximum atomic E-state index is 13.8. The molecule has 4 N–H and O–H groups in total. The van der Waals surface area contributed by atoms with Crippen LogP contribution in [0.1, 0.15) is 45.2 Å². The Morgan fingerprint density at radius 1 is 1.12 bits per heavy atom. The molecule has 0 bridgehead atoms. The molecule has 0 spiro atoms. The number of hydrogen-bond donors (Lipinski definition) is 3. The van der Waals surface area contributed by atoms with Crippen molar-refractivity contribution in [2.24, 2.45) is 11.1 Å². The molecule has 0 saturated carbocycles. The SMILES string of the molecule is CN1CCN(CC(C)(C)CN(C(=O)c2nc[nH]c2C(N)=O)c2ccc(NC(=O)c3ccc(F)cc3Cl)cc2)CC1. The third-order valence-corrected chi connectivity index (χ3v) is 7.09. The van der Waals surface area contributed by atoms with E-state index >= 15 is 0 Å². The molecular formula is C28H33ClFN7O3. The van der Waals surface area contributed by atoms with Crippen molar-refractivity contribution in [3.8, 4) is 0 Å². The van der Waals surface area contributed by atoms with E-state index in [0.717, 1.165) is 44.9 Å². The van der Waals surface area contributed by atoms with E-state index in [0.29, 0.717) is 17.9 Å². The van der Waals surface area contributed by atoms with E-state index in [1.807, 2.05) is 0 Å². The number of amides is 3. The second-order valence-electron chi connectivity index (χ2n) is 10.8. The van der Waals surface area contributed by atoms with Gasteiger partial charge in [-0.05, 0) is 54.9 Å². The van der Waals surface area contributed by atoms with Crippen LogP contribution >= 0.6 is 11.6 Å². The number of nitrogens with zero attached hydrogens (tertiary/aromatic N) is 4. The lowest BCUT2D eigenvalue weighted by Crippen LogP contribution is -2.50. The second-order valence-corrected chi connectivity index (χ2v) is 11.2. The van der Waals surface area contributed by atoms with Crippen molar-refractivity contribution in [3.63, 3.8) is 0 Å². The molecule has 0 atom stereocenters. The fraction of sp³-hybridized carbons (Fsp3) is 0.357. The Morgan fingerprint density at radius 2 is 1.80 bits per heavy atom. The number of likely N-dealkylation sites (N-methyl/N-ethyl adjacent to an activating group) is 1. The van der Waals surface area contributed by atoms with Crippen LogP contribution in [0.15, 0.2) is 48.8 Å². The highest BCUT2D eigenvalue weighted by Crippen LogP contribution is 2.28. The highest BCUT2D eigenvalue weighted by molar-refractivity contribution is 6.34. The van der Waals surface area contributed by atoms with Gasteiger partial charge in [-0.3, -0.25) is 14.4 Å². The molecule has 1 fully saturated rings. The summed E-state index contributed by atoms with van der Waals surface area (Å²) in [6.45, 7) is 9.10. The van der Waals surface area contributed by atoms with Crippen LogP contribution in [-0.4, -0.2) is 83.8 Å². The molecule has 212 valence electrons. The molecule has 1 aliphatic rings. The van der Waals surface area contributed by atoms with Crippen LogP contribution in [0.25, 0.3) is 0 Å². The molecule has 4 rings (SSSR count). The number of primary amides is 1. The highest BCUT2D eigenvalue weighted by atomic mass is 35.5. The van der Waals surface area contributed by atoms with Gasteiger partial charge in [0.1, 0.15) is 11.5 Å². The zero-order chi connectivity index (χ0) is 29.0. The quantitative estimate of drug-likeness (QED) is 0.362. The molecule has 10 nitrogen and oxygen atoms in total. The Balaban J connectivity index is 1.57. The number of piperazine rings is 1. The molecular weight excluding hydrogens is 537 g/mol. The lowest BCUT2D eigenvalue weighted by atomic mass is 9.91. The fourth-order valence-electron chi connectivity index (χ4n) is 4.74. The number of H-pyrrole nitrogens is 1. The average molecular weight is 570 g/mol. The number of aromatic nitrogens is 2. The Morgan fingerprint density at radius 3 is 2.42 bits per heavy atom. The first-order valence-electron chi connectivity index (χ1n) is 12.9. The van der Waals surface area contributed by atoms with E-state index in [2.05, 4.69) is 46.0 Å². The van der Waals surface area contributed by atoms with Gasteiger partial charge in [0, 0.05) is 50.6 Å². The maximum absolute atomic E-state index is 13.8. The molecule has 1 aromatic heterocycles. The smallest absolute Gasteiger partial charge is 0.279 e. The number of halogens is 2. The van der Waals surface area contributed by atoms with Gasteiger partial charge in [-0.2, -0.15) is 0 Å². The van der Waals surface area contributed by atoms with Crippen molar-refractivity contribution in [1.29, 1.82) is 0 Å². The summed E-state index contributed by atoms with van der Waals surface area (Å²) in [5, 5.41) is 2.73. The first-order valence-corrected chi connectivity index (χ1v) is 13.2. The molecule has 3 aromatic rings. The number of carbonyl (C=O) groups is 3. The van der Waals surface area contributed by atoms with Crippen LogP contribution < -0.4 is 16.0 Å². The Hall–Kier alpha value is -3.80. The van der Waals surface area contributed by atoms with Crippen LogP contribution in [0.2, 0.25) is 5.02 Å². The van der Waals surface area contributed by atoms with Gasteiger partial charge in [0.05, 0.1) is 16.9 Å². The average Bonchev–Trinajstić information content (AvgIpc) is 3.39. The first-order chi connectivity index (χ1) is 18.9. The van der Waals surface area contributed by atoms with Crippen LogP contribution in [0.3, 0.4) is 0 Å². The van der Waals surface area contributed by atoms with Gasteiger partial charge in [-0.15, -0.1) is 0 Å². The van der Waals surface area contributed by atoms with Crippen LogP contribution in [0.4, 0.5) is 15.8 Å². The van der Waals surface area contributed by atoms with Gasteiger partial charge in [0.25, 0.3) is 17.7 Å². The first kappa shape index (κ1) is 29.2. The molecule has 0 unspecified atom stereocenters. The second kappa shape index (κ2) is 12.2. The van der Waals surface area contributed by atoms with Crippen molar-refractivity contribution in [2.75, 3.05) is 56.5 Å². The summed E-state index contributed by atoms with van der Waals surface area (Å²) in [7, 11) is 2.10. The normalized spacial score (nSPS) is 14.6. The van der Waals surface area contributed by atoms with E-state index in [9.17, 15) is 18.8 Å². The zero-order valence-corrected chi connectivity index (χ0v) is 23.5. The van der Waals surface area contributed by atoms with Crippen molar-refractivity contribution in [1.82, 2.24) is 19.8 Å². The number of nitrogens with one attached hydrogen (secondary N) is 2. The van der Waals surface area contributed by atoms with Gasteiger partial charge < -0.3 is 30.7 Å². The zero-order valence-electron chi connectivity index (χ0n) is 22.7. The third-order valence-electron chi connectivity index (χ3n) is 6.78. The molecule has 0 aliphatic carbocycles. The summed E-state index contributed by atoms with van der Waals surface area (Å²) in [4.78, 5) is 51.3. The monoisotopic (exact) mass is 569 g/mol. The molecule has 40 heavy (non-hydrogen) atoms. The number of carbonyl (C=O) groups excluding carboxylic acids is 3. The maximum Gasteiger partial charge on any atom is 0.279 e. The topological polar surface area (TPSA) is 128 Å².